The average molecular weight is 430 g/mol. The highest BCUT2D eigenvalue weighted by molar-refractivity contribution is 7.89. The van der Waals surface area contributed by atoms with Crippen LogP contribution in [0.5, 0.6) is 11.5 Å². The summed E-state index contributed by atoms with van der Waals surface area (Å²) in [6.07, 6.45) is 0. The maximum atomic E-state index is 12.4. The Labute approximate surface area is 172 Å². The zero-order valence-corrected chi connectivity index (χ0v) is 17.0. The molecular formula is C19H18N4O6S. The number of nitrogens with one attached hydrogen (secondary N) is 1. The molecule has 0 spiro atoms. The molecule has 0 radical (unpaired) electrons. The molecule has 0 fully saturated rings. The number of carbonyl (C=O) groups is 1. The second-order valence-electron chi connectivity index (χ2n) is 6.54. The molecule has 1 amide bonds. The second kappa shape index (κ2) is 7.76. The first-order chi connectivity index (χ1) is 14.3. The normalized spacial score (nSPS) is 13.3. The summed E-state index contributed by atoms with van der Waals surface area (Å²) in [4.78, 5) is 12.5. The first kappa shape index (κ1) is 19.9. The van der Waals surface area contributed by atoms with E-state index in [9.17, 15) is 13.2 Å². The number of rotatable bonds is 5. The molecule has 2 aromatic carbocycles. The van der Waals surface area contributed by atoms with Crippen LogP contribution in [0.3, 0.4) is 0 Å². The van der Waals surface area contributed by atoms with Crippen molar-refractivity contribution in [3.05, 3.63) is 48.0 Å². The number of hydrogen-bond donors (Lipinski definition) is 1. The molecule has 0 unspecified atom stereocenters. The van der Waals surface area contributed by atoms with Gasteiger partial charge in [-0.05, 0) is 42.5 Å². The van der Waals surface area contributed by atoms with Crippen molar-refractivity contribution < 1.29 is 27.1 Å². The van der Waals surface area contributed by atoms with Gasteiger partial charge in [-0.3, -0.25) is 10.1 Å². The molecule has 4 rings (SSSR count). The Morgan fingerprint density at radius 1 is 1.00 bits per heavy atom. The van der Waals surface area contributed by atoms with Crippen molar-refractivity contribution in [3.63, 3.8) is 0 Å². The quantitative estimate of drug-likeness (QED) is 0.652. The number of benzene rings is 2. The second-order valence-corrected chi connectivity index (χ2v) is 8.69. The maximum Gasteiger partial charge on any atom is 0.322 e. The van der Waals surface area contributed by atoms with Gasteiger partial charge < -0.3 is 13.9 Å². The molecule has 0 bridgehead atoms. The smallest absolute Gasteiger partial charge is 0.322 e. The minimum absolute atomic E-state index is 0.0859. The van der Waals surface area contributed by atoms with E-state index in [0.717, 1.165) is 4.31 Å². The van der Waals surface area contributed by atoms with Gasteiger partial charge in [-0.15, -0.1) is 5.10 Å². The van der Waals surface area contributed by atoms with Gasteiger partial charge in [0.15, 0.2) is 11.5 Å². The largest absolute Gasteiger partial charge is 0.486 e. The lowest BCUT2D eigenvalue weighted by molar-refractivity contribution is 0.102. The van der Waals surface area contributed by atoms with E-state index in [0.29, 0.717) is 30.3 Å². The monoisotopic (exact) mass is 430 g/mol. The zero-order chi connectivity index (χ0) is 21.3. The molecule has 10 nitrogen and oxygen atoms in total. The minimum atomic E-state index is -3.57. The summed E-state index contributed by atoms with van der Waals surface area (Å²) >= 11 is 0. The molecule has 2 heterocycles. The molecule has 0 atom stereocenters. The highest BCUT2D eigenvalue weighted by atomic mass is 32.2. The van der Waals surface area contributed by atoms with Crippen LogP contribution in [0.1, 0.15) is 10.4 Å². The highest BCUT2D eigenvalue weighted by Crippen LogP contribution is 2.34. The van der Waals surface area contributed by atoms with Crippen molar-refractivity contribution in [2.45, 2.75) is 4.90 Å². The van der Waals surface area contributed by atoms with E-state index in [4.69, 9.17) is 13.9 Å². The number of ether oxygens (including phenoxy) is 2. The Bertz CT molecular complexity index is 1190. The molecule has 1 N–H and O–H groups in total. The first-order valence-corrected chi connectivity index (χ1v) is 10.4. The molecule has 156 valence electrons. The minimum Gasteiger partial charge on any atom is -0.486 e. The fourth-order valence-corrected chi connectivity index (χ4v) is 3.63. The van der Waals surface area contributed by atoms with E-state index in [-0.39, 0.29) is 22.4 Å². The van der Waals surface area contributed by atoms with Crippen LogP contribution >= 0.6 is 0 Å². The third kappa shape index (κ3) is 3.84. The van der Waals surface area contributed by atoms with Gasteiger partial charge in [-0.2, -0.15) is 0 Å². The summed E-state index contributed by atoms with van der Waals surface area (Å²) in [6.45, 7) is 0.946. The van der Waals surface area contributed by atoms with Crippen molar-refractivity contribution in [3.8, 4) is 23.0 Å². The number of carbonyl (C=O) groups excluding carboxylic acids is 1. The van der Waals surface area contributed by atoms with Gasteiger partial charge in [-0.1, -0.05) is 5.10 Å². The maximum absolute atomic E-state index is 12.4. The Morgan fingerprint density at radius 2 is 1.70 bits per heavy atom. The fraction of sp³-hybridized carbons (Fsp3) is 0.211. The summed E-state index contributed by atoms with van der Waals surface area (Å²) in [5.74, 6) is 0.906. The number of fused-ring (bicyclic) bond motifs is 1. The van der Waals surface area contributed by atoms with E-state index in [1.54, 1.807) is 18.2 Å². The van der Waals surface area contributed by atoms with Crippen LogP contribution in [-0.2, 0) is 10.0 Å². The van der Waals surface area contributed by atoms with Crippen LogP contribution in [0.2, 0.25) is 0 Å². The van der Waals surface area contributed by atoms with Crippen molar-refractivity contribution in [1.82, 2.24) is 14.5 Å². The van der Waals surface area contributed by atoms with Gasteiger partial charge in [0.1, 0.15) is 13.2 Å². The Balaban J connectivity index is 1.48. The van der Waals surface area contributed by atoms with E-state index in [1.165, 1.54) is 38.4 Å². The summed E-state index contributed by atoms with van der Waals surface area (Å²) in [6, 6.07) is 10.7. The lowest BCUT2D eigenvalue weighted by atomic mass is 10.2. The Kier molecular flexibility index (Phi) is 5.14. The van der Waals surface area contributed by atoms with E-state index in [1.807, 2.05) is 0 Å². The summed E-state index contributed by atoms with van der Waals surface area (Å²) in [5.41, 5.74) is 0.859. The first-order valence-electron chi connectivity index (χ1n) is 8.92. The van der Waals surface area contributed by atoms with E-state index < -0.39 is 15.9 Å². The summed E-state index contributed by atoms with van der Waals surface area (Å²) < 4.78 is 41.8. The Morgan fingerprint density at radius 3 is 2.40 bits per heavy atom. The molecular weight excluding hydrogens is 412 g/mol. The van der Waals surface area contributed by atoms with Gasteiger partial charge in [0.05, 0.1) is 4.90 Å². The number of anilines is 1. The topological polar surface area (TPSA) is 124 Å². The third-order valence-electron chi connectivity index (χ3n) is 4.33. The van der Waals surface area contributed by atoms with Gasteiger partial charge in [0.25, 0.3) is 5.91 Å². The molecule has 0 saturated carbocycles. The van der Waals surface area contributed by atoms with Crippen LogP contribution in [0.15, 0.2) is 51.8 Å². The fourth-order valence-electron chi connectivity index (χ4n) is 2.73. The van der Waals surface area contributed by atoms with Gasteiger partial charge in [0, 0.05) is 25.2 Å². The predicted molar refractivity (Wildman–Crippen MR) is 106 cm³/mol. The van der Waals surface area contributed by atoms with Crippen molar-refractivity contribution >= 4 is 21.9 Å². The lowest BCUT2D eigenvalue weighted by Gasteiger charge is -2.18. The van der Waals surface area contributed by atoms with Crippen molar-refractivity contribution in [2.24, 2.45) is 0 Å². The molecule has 11 heteroatoms. The zero-order valence-electron chi connectivity index (χ0n) is 16.2. The molecule has 0 aliphatic carbocycles. The third-order valence-corrected chi connectivity index (χ3v) is 6.16. The van der Waals surface area contributed by atoms with Crippen molar-refractivity contribution in [2.75, 3.05) is 32.6 Å². The summed E-state index contributed by atoms with van der Waals surface area (Å²) in [7, 11) is -0.700. The van der Waals surface area contributed by atoms with Gasteiger partial charge in [-0.25, -0.2) is 12.7 Å². The van der Waals surface area contributed by atoms with E-state index >= 15 is 0 Å². The van der Waals surface area contributed by atoms with Crippen LogP contribution in [0, 0.1) is 0 Å². The lowest BCUT2D eigenvalue weighted by Crippen LogP contribution is -2.22. The molecule has 1 aromatic heterocycles. The SMILES string of the molecule is CN(C)S(=O)(=O)c1ccc(C(=O)Nc2nnc(-c3ccc4c(c3)OCCO4)o2)cc1. The average Bonchev–Trinajstić information content (AvgIpc) is 3.21. The molecule has 1 aliphatic heterocycles. The van der Waals surface area contributed by atoms with Crippen molar-refractivity contribution in [1.29, 1.82) is 0 Å². The Hall–Kier alpha value is -3.44. The number of amides is 1. The highest BCUT2D eigenvalue weighted by Gasteiger charge is 2.19. The van der Waals surface area contributed by atoms with E-state index in [2.05, 4.69) is 15.5 Å². The molecule has 0 saturated heterocycles. The standard InChI is InChI=1S/C19H18N4O6S/c1-23(2)30(25,26)14-6-3-12(4-7-14)17(24)20-19-22-21-18(29-19)13-5-8-15-16(11-13)28-10-9-27-15/h3-8,11H,9-10H2,1-2H3,(H,20,22,24). The number of hydrogen-bond acceptors (Lipinski definition) is 8. The number of aromatic nitrogens is 2. The number of sulfonamides is 1. The van der Waals surface area contributed by atoms with Gasteiger partial charge >= 0.3 is 6.01 Å². The van der Waals surface area contributed by atoms with Crippen LogP contribution < -0.4 is 14.8 Å². The molecule has 1 aliphatic rings. The molecule has 30 heavy (non-hydrogen) atoms. The number of nitrogens with zero attached hydrogens (tertiary/aromatic N) is 3. The molecule has 3 aromatic rings. The van der Waals surface area contributed by atoms with Gasteiger partial charge in [0.2, 0.25) is 15.9 Å². The van der Waals surface area contributed by atoms with Crippen LogP contribution in [-0.4, -0.2) is 56.1 Å². The van der Waals surface area contributed by atoms with Crippen LogP contribution in [0.25, 0.3) is 11.5 Å². The van der Waals surface area contributed by atoms with Crippen LogP contribution in [0.4, 0.5) is 6.01 Å². The predicted octanol–water partition coefficient (Wildman–Crippen LogP) is 2.01. The summed E-state index contributed by atoms with van der Waals surface area (Å²) in [5, 5.41) is 10.3.